The fraction of sp³-hybridized carbons (Fsp3) is 0.0909. The summed E-state index contributed by atoms with van der Waals surface area (Å²) in [5, 5.41) is 29.0. The Morgan fingerprint density at radius 1 is 1.38 bits per heavy atom. The molecule has 0 aliphatic rings. The zero-order valence-corrected chi connectivity index (χ0v) is 10.7. The molecule has 2 heterocycles. The molecule has 0 radical (unpaired) electrons. The van der Waals surface area contributed by atoms with Crippen LogP contribution in [-0.2, 0) is 6.61 Å². The summed E-state index contributed by atoms with van der Waals surface area (Å²) in [6.07, 6.45) is 2.48. The minimum absolute atomic E-state index is 0.000215. The summed E-state index contributed by atoms with van der Waals surface area (Å²) in [4.78, 5) is 17.5. The molecule has 0 saturated carbocycles. The van der Waals surface area contributed by atoms with E-state index < -0.39 is 17.9 Å². The van der Waals surface area contributed by atoms with Crippen LogP contribution in [0.3, 0.4) is 0 Å². The molecule has 2 aromatic rings. The van der Waals surface area contributed by atoms with Crippen LogP contribution in [0.15, 0.2) is 30.6 Å². The Balaban J connectivity index is 2.24. The summed E-state index contributed by atoms with van der Waals surface area (Å²) in [5.41, 5.74) is 6.17. The Hall–Kier alpha value is -2.72. The highest BCUT2D eigenvalue weighted by molar-refractivity contribution is 6.58. The van der Waals surface area contributed by atoms with Gasteiger partial charge in [-0.3, -0.25) is 0 Å². The molecule has 0 aliphatic heterocycles. The lowest BCUT2D eigenvalue weighted by molar-refractivity contribution is -0.390. The predicted octanol–water partition coefficient (Wildman–Crippen LogP) is -0.774. The number of hydrogen-bond acceptors (Lipinski definition) is 8. The lowest BCUT2D eigenvalue weighted by Gasteiger charge is -2.08. The first kappa shape index (κ1) is 14.7. The van der Waals surface area contributed by atoms with Gasteiger partial charge in [-0.05, 0) is 33.7 Å². The maximum absolute atomic E-state index is 10.9. The topological polar surface area (TPSA) is 145 Å². The van der Waals surface area contributed by atoms with Crippen LogP contribution in [0.2, 0.25) is 0 Å². The fourth-order valence-corrected chi connectivity index (χ4v) is 1.58. The van der Waals surface area contributed by atoms with Gasteiger partial charge < -0.3 is 30.6 Å². The summed E-state index contributed by atoms with van der Waals surface area (Å²) in [7, 11) is -1.79. The maximum Gasteiger partial charge on any atom is 0.492 e. The van der Waals surface area contributed by atoms with E-state index >= 15 is 0 Å². The van der Waals surface area contributed by atoms with Gasteiger partial charge in [-0.25, -0.2) is 4.98 Å². The van der Waals surface area contributed by atoms with Crippen molar-refractivity contribution in [3.05, 3.63) is 46.3 Å². The number of hydrogen-bond donors (Lipinski definition) is 3. The summed E-state index contributed by atoms with van der Waals surface area (Å²) in [6, 6.07) is 4.35. The van der Waals surface area contributed by atoms with Gasteiger partial charge in [-0.2, -0.15) is 0 Å². The third kappa shape index (κ3) is 3.65. The van der Waals surface area contributed by atoms with Gasteiger partial charge in [0.15, 0.2) is 0 Å². The van der Waals surface area contributed by atoms with Crippen molar-refractivity contribution >= 4 is 24.2 Å². The SMILES string of the molecule is Nc1cc(COc2cc(B(O)O)cnc2[N+](=O)[O-])ccn1. The van der Waals surface area contributed by atoms with Crippen LogP contribution in [-0.4, -0.2) is 32.1 Å². The fourth-order valence-electron chi connectivity index (χ4n) is 1.58. The molecule has 0 unspecified atom stereocenters. The lowest BCUT2D eigenvalue weighted by Crippen LogP contribution is -2.30. The predicted molar refractivity (Wildman–Crippen MR) is 73.7 cm³/mol. The molecule has 0 spiro atoms. The van der Waals surface area contributed by atoms with E-state index in [9.17, 15) is 10.1 Å². The number of pyridine rings is 2. The molecule has 0 aromatic carbocycles. The molecule has 9 nitrogen and oxygen atoms in total. The van der Waals surface area contributed by atoms with Gasteiger partial charge in [-0.1, -0.05) is 0 Å². The zero-order valence-electron chi connectivity index (χ0n) is 10.7. The summed E-state index contributed by atoms with van der Waals surface area (Å²) < 4.78 is 5.32. The van der Waals surface area contributed by atoms with Crippen LogP contribution >= 0.6 is 0 Å². The molecular formula is C11H11BN4O5. The van der Waals surface area contributed by atoms with Crippen LogP contribution in [0.5, 0.6) is 5.75 Å². The Kier molecular flexibility index (Phi) is 4.31. The Morgan fingerprint density at radius 3 is 2.76 bits per heavy atom. The molecule has 0 amide bonds. The molecule has 0 saturated heterocycles. The number of rotatable bonds is 5. The average Bonchev–Trinajstić information content (AvgIpc) is 2.44. The number of ether oxygens (including phenoxy) is 1. The van der Waals surface area contributed by atoms with Gasteiger partial charge >= 0.3 is 12.9 Å². The van der Waals surface area contributed by atoms with E-state index in [1.165, 1.54) is 6.20 Å². The summed E-state index contributed by atoms with van der Waals surface area (Å²) >= 11 is 0. The van der Waals surface area contributed by atoms with E-state index in [-0.39, 0.29) is 17.8 Å². The second-order valence-corrected chi connectivity index (χ2v) is 4.10. The van der Waals surface area contributed by atoms with Crippen molar-refractivity contribution in [3.63, 3.8) is 0 Å². The van der Waals surface area contributed by atoms with Gasteiger partial charge in [0.1, 0.15) is 18.6 Å². The normalized spacial score (nSPS) is 10.2. The standard InChI is InChI=1S/C11H11BN4O5/c13-10-3-7(1-2-14-10)6-21-9-4-8(12(17)18)5-15-11(9)16(19)20/h1-5,17-18H,6H2,(H2,13,14). The van der Waals surface area contributed by atoms with Crippen molar-refractivity contribution in [1.82, 2.24) is 9.97 Å². The van der Waals surface area contributed by atoms with Crippen LogP contribution < -0.4 is 15.9 Å². The molecule has 0 bridgehead atoms. The maximum atomic E-state index is 10.9. The monoisotopic (exact) mass is 290 g/mol. The quantitative estimate of drug-likeness (QED) is 0.369. The number of nitro groups is 1. The highest BCUT2D eigenvalue weighted by Gasteiger charge is 2.22. The zero-order chi connectivity index (χ0) is 15.4. The first-order valence-corrected chi connectivity index (χ1v) is 5.81. The average molecular weight is 290 g/mol. The van der Waals surface area contributed by atoms with Crippen molar-refractivity contribution < 1.29 is 19.7 Å². The molecule has 0 aliphatic carbocycles. The van der Waals surface area contributed by atoms with Gasteiger partial charge in [0, 0.05) is 11.7 Å². The minimum atomic E-state index is -1.79. The second kappa shape index (κ2) is 6.16. The van der Waals surface area contributed by atoms with Crippen molar-refractivity contribution in [2.45, 2.75) is 6.61 Å². The number of aromatic nitrogens is 2. The molecule has 0 atom stereocenters. The Bertz CT molecular complexity index is 667. The molecule has 2 rings (SSSR count). The van der Waals surface area contributed by atoms with Crippen LogP contribution in [0.4, 0.5) is 11.6 Å². The van der Waals surface area contributed by atoms with Crippen molar-refractivity contribution in [1.29, 1.82) is 0 Å². The Morgan fingerprint density at radius 2 is 2.14 bits per heavy atom. The van der Waals surface area contributed by atoms with Gasteiger partial charge in [0.05, 0.1) is 0 Å². The van der Waals surface area contributed by atoms with Gasteiger partial charge in [0.25, 0.3) is 0 Å². The van der Waals surface area contributed by atoms with Crippen LogP contribution in [0.1, 0.15) is 5.56 Å². The largest absolute Gasteiger partial charge is 0.492 e. The van der Waals surface area contributed by atoms with Gasteiger partial charge in [0.2, 0.25) is 5.75 Å². The van der Waals surface area contributed by atoms with Crippen molar-refractivity contribution in [2.24, 2.45) is 0 Å². The highest BCUT2D eigenvalue weighted by atomic mass is 16.6. The van der Waals surface area contributed by atoms with E-state index in [4.69, 9.17) is 20.5 Å². The van der Waals surface area contributed by atoms with E-state index in [0.29, 0.717) is 11.4 Å². The molecule has 10 heteroatoms. The van der Waals surface area contributed by atoms with Gasteiger partial charge in [-0.15, -0.1) is 0 Å². The summed E-state index contributed by atoms with van der Waals surface area (Å²) in [5.74, 6) is -0.384. The third-order valence-electron chi connectivity index (χ3n) is 2.56. The Labute approximate surface area is 119 Å². The number of nitrogen functional groups attached to an aromatic ring is 1. The second-order valence-electron chi connectivity index (χ2n) is 4.10. The first-order chi connectivity index (χ1) is 9.97. The van der Waals surface area contributed by atoms with Crippen molar-refractivity contribution in [3.8, 4) is 5.75 Å². The van der Waals surface area contributed by atoms with Crippen LogP contribution in [0, 0.1) is 10.1 Å². The van der Waals surface area contributed by atoms with E-state index in [1.807, 2.05) is 0 Å². The minimum Gasteiger partial charge on any atom is -0.481 e. The third-order valence-corrected chi connectivity index (χ3v) is 2.56. The number of nitrogens with zero attached hydrogens (tertiary/aromatic N) is 3. The molecule has 4 N–H and O–H groups in total. The summed E-state index contributed by atoms with van der Waals surface area (Å²) in [6.45, 7) is 0.000215. The molecular weight excluding hydrogens is 279 g/mol. The number of anilines is 1. The number of nitrogens with two attached hydrogens (primary N) is 1. The molecule has 2 aromatic heterocycles. The van der Waals surface area contributed by atoms with Crippen molar-refractivity contribution in [2.75, 3.05) is 5.73 Å². The van der Waals surface area contributed by atoms with E-state index in [2.05, 4.69) is 9.97 Å². The van der Waals surface area contributed by atoms with Crippen LogP contribution in [0.25, 0.3) is 0 Å². The first-order valence-electron chi connectivity index (χ1n) is 5.81. The lowest BCUT2D eigenvalue weighted by atomic mass is 9.81. The smallest absolute Gasteiger partial charge is 0.481 e. The van der Waals surface area contributed by atoms with E-state index in [1.54, 1.807) is 12.1 Å². The molecule has 108 valence electrons. The molecule has 0 fully saturated rings. The highest BCUT2D eigenvalue weighted by Crippen LogP contribution is 2.23. The molecule has 21 heavy (non-hydrogen) atoms. The van der Waals surface area contributed by atoms with E-state index in [0.717, 1.165) is 12.3 Å².